The smallest absolute Gasteiger partial charge is 0.270 e. The molecule has 112 valence electrons. The monoisotopic (exact) mass is 298 g/mol. The lowest BCUT2D eigenvalue weighted by Crippen LogP contribution is -2.25. The number of nitrogens with one attached hydrogen (secondary N) is 1. The number of rotatable bonds is 4. The van der Waals surface area contributed by atoms with Gasteiger partial charge in [0, 0.05) is 19.4 Å². The van der Waals surface area contributed by atoms with Crippen LogP contribution in [0.4, 0.5) is 5.95 Å². The molecule has 0 atom stereocenters. The summed E-state index contributed by atoms with van der Waals surface area (Å²) in [6.45, 7) is 0.294. The van der Waals surface area contributed by atoms with Gasteiger partial charge < -0.3 is 20.0 Å². The fourth-order valence-electron chi connectivity index (χ4n) is 1.95. The molecule has 8 nitrogen and oxygen atoms in total. The molecule has 0 saturated carbocycles. The van der Waals surface area contributed by atoms with Crippen LogP contribution >= 0.6 is 0 Å². The number of aromatic nitrogens is 4. The predicted molar refractivity (Wildman–Crippen MR) is 78.5 cm³/mol. The molecule has 3 aromatic rings. The summed E-state index contributed by atoms with van der Waals surface area (Å²) in [5, 5.41) is 2.74. The highest BCUT2D eigenvalue weighted by Crippen LogP contribution is 2.18. The van der Waals surface area contributed by atoms with Gasteiger partial charge in [-0.25, -0.2) is 15.0 Å². The molecule has 3 heterocycles. The van der Waals surface area contributed by atoms with Crippen molar-refractivity contribution >= 4 is 11.9 Å². The first-order valence-electron chi connectivity index (χ1n) is 6.56. The SMILES string of the molecule is Cn1ccnc1CNC(=O)c1cc(-c2ccco2)nc(N)n1. The second-order valence-corrected chi connectivity index (χ2v) is 4.61. The number of nitrogens with two attached hydrogens (primary N) is 1. The van der Waals surface area contributed by atoms with Gasteiger partial charge in [0.1, 0.15) is 17.2 Å². The van der Waals surface area contributed by atoms with Crippen molar-refractivity contribution in [2.45, 2.75) is 6.54 Å². The number of amides is 1. The third-order valence-corrected chi connectivity index (χ3v) is 3.08. The summed E-state index contributed by atoms with van der Waals surface area (Å²) in [5.41, 5.74) is 6.29. The fourth-order valence-corrected chi connectivity index (χ4v) is 1.95. The Morgan fingerprint density at radius 1 is 1.45 bits per heavy atom. The van der Waals surface area contributed by atoms with Crippen molar-refractivity contribution in [1.82, 2.24) is 24.8 Å². The molecular weight excluding hydrogens is 284 g/mol. The van der Waals surface area contributed by atoms with E-state index in [1.807, 2.05) is 11.6 Å². The van der Waals surface area contributed by atoms with E-state index in [-0.39, 0.29) is 17.5 Å². The standard InChI is InChI=1S/C14H14N6O2/c1-20-5-4-16-12(20)8-17-13(21)10-7-9(18-14(15)19-10)11-3-2-6-22-11/h2-7H,8H2,1H3,(H,17,21)(H2,15,18,19). The maximum atomic E-state index is 12.2. The normalized spacial score (nSPS) is 10.6. The highest BCUT2D eigenvalue weighted by atomic mass is 16.3. The summed E-state index contributed by atoms with van der Waals surface area (Å²) in [4.78, 5) is 24.3. The van der Waals surface area contributed by atoms with E-state index in [0.29, 0.717) is 18.0 Å². The van der Waals surface area contributed by atoms with E-state index in [9.17, 15) is 4.79 Å². The molecule has 0 aromatic carbocycles. The van der Waals surface area contributed by atoms with Gasteiger partial charge in [-0.1, -0.05) is 0 Å². The minimum atomic E-state index is -0.357. The molecule has 8 heteroatoms. The quantitative estimate of drug-likeness (QED) is 0.742. The number of nitrogen functional groups attached to an aromatic ring is 1. The van der Waals surface area contributed by atoms with E-state index < -0.39 is 0 Å². The Morgan fingerprint density at radius 3 is 3.00 bits per heavy atom. The largest absolute Gasteiger partial charge is 0.463 e. The number of imidazole rings is 1. The third-order valence-electron chi connectivity index (χ3n) is 3.08. The zero-order valence-electron chi connectivity index (χ0n) is 11.9. The minimum Gasteiger partial charge on any atom is -0.463 e. The molecule has 0 aliphatic rings. The van der Waals surface area contributed by atoms with Crippen LogP contribution in [0.15, 0.2) is 41.3 Å². The van der Waals surface area contributed by atoms with Crippen molar-refractivity contribution in [3.8, 4) is 11.5 Å². The first-order chi connectivity index (χ1) is 10.6. The number of nitrogens with zero attached hydrogens (tertiary/aromatic N) is 4. The van der Waals surface area contributed by atoms with E-state index in [1.54, 1.807) is 24.5 Å². The van der Waals surface area contributed by atoms with Crippen LogP contribution in [0.3, 0.4) is 0 Å². The van der Waals surface area contributed by atoms with Crippen LogP contribution in [0.5, 0.6) is 0 Å². The zero-order valence-corrected chi connectivity index (χ0v) is 11.9. The number of furan rings is 1. The molecule has 1 amide bonds. The van der Waals surface area contributed by atoms with Gasteiger partial charge in [0.15, 0.2) is 5.76 Å². The third kappa shape index (κ3) is 2.80. The summed E-state index contributed by atoms with van der Waals surface area (Å²) >= 11 is 0. The van der Waals surface area contributed by atoms with E-state index in [1.165, 1.54) is 12.3 Å². The lowest BCUT2D eigenvalue weighted by molar-refractivity contribution is 0.0944. The maximum absolute atomic E-state index is 12.2. The molecular formula is C14H14N6O2. The van der Waals surface area contributed by atoms with E-state index in [4.69, 9.17) is 10.2 Å². The average molecular weight is 298 g/mol. The van der Waals surface area contributed by atoms with Crippen LogP contribution in [0, 0.1) is 0 Å². The molecule has 0 fully saturated rings. The Hall–Kier alpha value is -3.16. The summed E-state index contributed by atoms with van der Waals surface area (Å²) < 4.78 is 7.08. The van der Waals surface area contributed by atoms with Crippen molar-refractivity contribution in [2.24, 2.45) is 7.05 Å². The van der Waals surface area contributed by atoms with Gasteiger partial charge in [0.25, 0.3) is 5.91 Å². The molecule has 0 spiro atoms. The highest BCUT2D eigenvalue weighted by Gasteiger charge is 2.13. The Morgan fingerprint density at radius 2 is 2.32 bits per heavy atom. The van der Waals surface area contributed by atoms with Crippen LogP contribution in [-0.4, -0.2) is 25.4 Å². The summed E-state index contributed by atoms with van der Waals surface area (Å²) in [7, 11) is 1.85. The molecule has 3 rings (SSSR count). The van der Waals surface area contributed by atoms with Crippen molar-refractivity contribution in [3.05, 3.63) is 48.4 Å². The number of carbonyl (C=O) groups excluding carboxylic acids is 1. The predicted octanol–water partition coefficient (Wildman–Crippen LogP) is 0.982. The second kappa shape index (κ2) is 5.68. The summed E-state index contributed by atoms with van der Waals surface area (Å²) in [5.74, 6) is 0.912. The highest BCUT2D eigenvalue weighted by molar-refractivity contribution is 5.93. The molecule has 0 saturated heterocycles. The molecule has 0 aliphatic heterocycles. The number of hydrogen-bond acceptors (Lipinski definition) is 6. The summed E-state index contributed by atoms with van der Waals surface area (Å²) in [6, 6.07) is 4.99. The summed E-state index contributed by atoms with van der Waals surface area (Å²) in [6.07, 6.45) is 4.99. The van der Waals surface area contributed by atoms with Gasteiger partial charge in [0.2, 0.25) is 5.95 Å². The van der Waals surface area contributed by atoms with Gasteiger partial charge in [-0.15, -0.1) is 0 Å². The van der Waals surface area contributed by atoms with Gasteiger partial charge in [-0.05, 0) is 18.2 Å². The average Bonchev–Trinajstić information content (AvgIpc) is 3.15. The Kier molecular flexibility index (Phi) is 3.57. The number of hydrogen-bond donors (Lipinski definition) is 2. The van der Waals surface area contributed by atoms with Crippen LogP contribution in [0.2, 0.25) is 0 Å². The first kappa shape index (κ1) is 13.8. The van der Waals surface area contributed by atoms with Crippen molar-refractivity contribution in [3.63, 3.8) is 0 Å². The molecule has 0 unspecified atom stereocenters. The van der Waals surface area contributed by atoms with Crippen molar-refractivity contribution in [1.29, 1.82) is 0 Å². The Labute approximate surface area is 126 Å². The van der Waals surface area contributed by atoms with Gasteiger partial charge in [0.05, 0.1) is 12.8 Å². The molecule has 3 aromatic heterocycles. The minimum absolute atomic E-state index is 0.0102. The van der Waals surface area contributed by atoms with Gasteiger partial charge in [-0.2, -0.15) is 0 Å². The van der Waals surface area contributed by atoms with Gasteiger partial charge >= 0.3 is 0 Å². The molecule has 22 heavy (non-hydrogen) atoms. The van der Waals surface area contributed by atoms with E-state index in [2.05, 4.69) is 20.3 Å². The maximum Gasteiger partial charge on any atom is 0.270 e. The molecule has 0 bridgehead atoms. The van der Waals surface area contributed by atoms with Crippen molar-refractivity contribution < 1.29 is 9.21 Å². The van der Waals surface area contributed by atoms with Crippen LogP contribution < -0.4 is 11.1 Å². The molecule has 3 N–H and O–H groups in total. The Balaban J connectivity index is 1.79. The van der Waals surface area contributed by atoms with Crippen LogP contribution in [0.1, 0.15) is 16.3 Å². The molecule has 0 aliphatic carbocycles. The number of anilines is 1. The lowest BCUT2D eigenvalue weighted by Gasteiger charge is -2.06. The van der Waals surface area contributed by atoms with Crippen molar-refractivity contribution in [2.75, 3.05) is 5.73 Å². The van der Waals surface area contributed by atoms with Crippen LogP contribution in [-0.2, 0) is 13.6 Å². The Bertz CT molecular complexity index is 794. The van der Waals surface area contributed by atoms with E-state index in [0.717, 1.165) is 5.82 Å². The fraction of sp³-hybridized carbons (Fsp3) is 0.143. The van der Waals surface area contributed by atoms with Gasteiger partial charge in [-0.3, -0.25) is 4.79 Å². The first-order valence-corrected chi connectivity index (χ1v) is 6.56. The zero-order chi connectivity index (χ0) is 15.5. The van der Waals surface area contributed by atoms with E-state index >= 15 is 0 Å². The second-order valence-electron chi connectivity index (χ2n) is 4.61. The number of aryl methyl sites for hydroxylation is 1. The van der Waals surface area contributed by atoms with Crippen LogP contribution in [0.25, 0.3) is 11.5 Å². The topological polar surface area (TPSA) is 112 Å². The number of carbonyl (C=O) groups is 1. The lowest BCUT2D eigenvalue weighted by atomic mass is 10.2. The molecule has 0 radical (unpaired) electrons.